The van der Waals surface area contributed by atoms with Crippen molar-refractivity contribution in [2.24, 2.45) is 0 Å². The summed E-state index contributed by atoms with van der Waals surface area (Å²) in [4.78, 5) is 16.9. The zero-order chi connectivity index (χ0) is 14.4. The molecule has 0 bridgehead atoms. The van der Waals surface area contributed by atoms with Crippen LogP contribution in [0.15, 0.2) is 12.1 Å². The molecule has 1 rings (SSSR count). The summed E-state index contributed by atoms with van der Waals surface area (Å²) in [5.74, 6) is 1.96. The van der Waals surface area contributed by atoms with E-state index in [1.165, 1.54) is 6.07 Å². The highest BCUT2D eigenvalue weighted by Gasteiger charge is 2.23. The van der Waals surface area contributed by atoms with Gasteiger partial charge in [0.15, 0.2) is 0 Å². The molecule has 1 heterocycles. The summed E-state index contributed by atoms with van der Waals surface area (Å²) in [6, 6.07) is 3.34. The summed E-state index contributed by atoms with van der Waals surface area (Å²) >= 11 is 1.73. The van der Waals surface area contributed by atoms with Crippen LogP contribution in [-0.2, 0) is 0 Å². The molecule has 0 radical (unpaired) electrons. The fraction of sp³-hybridized carbons (Fsp3) is 0.583. The number of aromatic nitrogens is 1. The lowest BCUT2D eigenvalue weighted by atomic mass is 10.2. The lowest BCUT2D eigenvalue weighted by Gasteiger charge is -2.27. The Kier molecular flexibility index (Phi) is 5.88. The Bertz CT molecular complexity index is 442. The quantitative estimate of drug-likeness (QED) is 0.613. The largest absolute Gasteiger partial charge is 0.373 e. The number of nitrogens with zero attached hydrogens (tertiary/aromatic N) is 3. The summed E-state index contributed by atoms with van der Waals surface area (Å²) in [6.45, 7) is 2.07. The smallest absolute Gasteiger partial charge is 0.311 e. The molecule has 1 aromatic heterocycles. The van der Waals surface area contributed by atoms with Gasteiger partial charge in [0.2, 0.25) is 5.82 Å². The zero-order valence-corrected chi connectivity index (χ0v) is 12.5. The van der Waals surface area contributed by atoms with E-state index in [2.05, 4.69) is 17.2 Å². The van der Waals surface area contributed by atoms with Crippen molar-refractivity contribution in [3.63, 3.8) is 0 Å². The summed E-state index contributed by atoms with van der Waals surface area (Å²) in [7, 11) is 3.61. The predicted octanol–water partition coefficient (Wildman–Crippen LogP) is 2.61. The number of pyridine rings is 1. The molecule has 0 fully saturated rings. The molecule has 0 saturated heterocycles. The van der Waals surface area contributed by atoms with Crippen molar-refractivity contribution in [3.8, 4) is 0 Å². The monoisotopic (exact) mass is 284 g/mol. The summed E-state index contributed by atoms with van der Waals surface area (Å²) < 4.78 is 0. The van der Waals surface area contributed by atoms with Crippen LogP contribution in [0.2, 0.25) is 0 Å². The maximum absolute atomic E-state index is 11.1. The van der Waals surface area contributed by atoms with Crippen LogP contribution in [-0.4, -0.2) is 42.1 Å². The van der Waals surface area contributed by atoms with E-state index in [-0.39, 0.29) is 16.7 Å². The highest BCUT2D eigenvalue weighted by molar-refractivity contribution is 7.98. The van der Waals surface area contributed by atoms with Gasteiger partial charge in [0.1, 0.15) is 5.82 Å². The van der Waals surface area contributed by atoms with Gasteiger partial charge < -0.3 is 10.2 Å². The van der Waals surface area contributed by atoms with Gasteiger partial charge in [0.25, 0.3) is 0 Å². The molecule has 7 heteroatoms. The molecule has 1 N–H and O–H groups in total. The molecule has 0 spiro atoms. The lowest BCUT2D eigenvalue weighted by Crippen LogP contribution is -2.34. The molecule has 1 unspecified atom stereocenters. The minimum Gasteiger partial charge on any atom is -0.373 e. The van der Waals surface area contributed by atoms with Crippen molar-refractivity contribution in [3.05, 3.63) is 22.2 Å². The van der Waals surface area contributed by atoms with E-state index in [0.29, 0.717) is 11.6 Å². The van der Waals surface area contributed by atoms with Gasteiger partial charge in [-0.3, -0.25) is 10.1 Å². The van der Waals surface area contributed by atoms with Gasteiger partial charge in [-0.05, 0) is 18.7 Å². The first-order valence-corrected chi connectivity index (χ1v) is 7.49. The molecule has 0 aliphatic carbocycles. The summed E-state index contributed by atoms with van der Waals surface area (Å²) in [5, 5.41) is 14.0. The van der Waals surface area contributed by atoms with Crippen molar-refractivity contribution in [1.82, 2.24) is 4.98 Å². The zero-order valence-electron chi connectivity index (χ0n) is 11.7. The Balaban J connectivity index is 3.17. The Morgan fingerprint density at radius 1 is 1.58 bits per heavy atom. The van der Waals surface area contributed by atoms with E-state index < -0.39 is 0 Å². The number of hydrogen-bond acceptors (Lipinski definition) is 6. The minimum atomic E-state index is -0.385. The fourth-order valence-corrected chi connectivity index (χ4v) is 2.70. The Morgan fingerprint density at radius 3 is 2.74 bits per heavy atom. The van der Waals surface area contributed by atoms with Crippen molar-refractivity contribution in [2.75, 3.05) is 36.3 Å². The third-order valence-electron chi connectivity index (χ3n) is 3.02. The predicted molar refractivity (Wildman–Crippen MR) is 81.3 cm³/mol. The van der Waals surface area contributed by atoms with Crippen molar-refractivity contribution >= 4 is 29.1 Å². The van der Waals surface area contributed by atoms with Gasteiger partial charge in [0.05, 0.1) is 4.92 Å². The van der Waals surface area contributed by atoms with Gasteiger partial charge in [-0.1, -0.05) is 6.92 Å². The number of rotatable bonds is 7. The number of hydrogen-bond donors (Lipinski definition) is 1. The summed E-state index contributed by atoms with van der Waals surface area (Å²) in [5.41, 5.74) is 0.0426. The van der Waals surface area contributed by atoms with Crippen LogP contribution in [0.5, 0.6) is 0 Å². The standard InChI is InChI=1S/C12H20N4O2S/c1-5-9(8-19-4)15(3)12-10(16(17)18)6-7-11(13-2)14-12/h6-7,9H,5,8H2,1-4H3,(H,13,14). The first-order chi connectivity index (χ1) is 9.04. The van der Waals surface area contributed by atoms with E-state index in [1.54, 1.807) is 24.9 Å². The Labute approximate surface area is 117 Å². The SMILES string of the molecule is CCC(CSC)N(C)c1nc(NC)ccc1[N+](=O)[O-]. The van der Waals surface area contributed by atoms with Crippen molar-refractivity contribution in [2.45, 2.75) is 19.4 Å². The average Bonchev–Trinajstić information content (AvgIpc) is 2.43. The van der Waals surface area contributed by atoms with E-state index in [1.807, 2.05) is 18.2 Å². The van der Waals surface area contributed by atoms with Gasteiger partial charge >= 0.3 is 5.69 Å². The van der Waals surface area contributed by atoms with Crippen LogP contribution in [0, 0.1) is 10.1 Å². The molecule has 0 aliphatic rings. The molecule has 6 nitrogen and oxygen atoms in total. The highest BCUT2D eigenvalue weighted by Crippen LogP contribution is 2.29. The molecule has 0 amide bonds. The molecule has 1 atom stereocenters. The second-order valence-corrected chi connectivity index (χ2v) is 5.09. The normalized spacial score (nSPS) is 12.0. The molecule has 1 aromatic rings. The average molecular weight is 284 g/mol. The van der Waals surface area contributed by atoms with Crippen molar-refractivity contribution < 1.29 is 4.92 Å². The molecular weight excluding hydrogens is 264 g/mol. The van der Waals surface area contributed by atoms with Gasteiger partial charge in [-0.15, -0.1) is 0 Å². The van der Waals surface area contributed by atoms with Gasteiger partial charge in [-0.2, -0.15) is 11.8 Å². The van der Waals surface area contributed by atoms with E-state index in [9.17, 15) is 10.1 Å². The summed E-state index contributed by atoms with van der Waals surface area (Å²) in [6.07, 6.45) is 2.95. The second-order valence-electron chi connectivity index (χ2n) is 4.17. The Morgan fingerprint density at radius 2 is 2.26 bits per heavy atom. The second kappa shape index (κ2) is 7.18. The topological polar surface area (TPSA) is 71.3 Å². The van der Waals surface area contributed by atoms with Crippen LogP contribution in [0.1, 0.15) is 13.3 Å². The molecule has 0 saturated carbocycles. The Hall–Kier alpha value is -1.50. The van der Waals surface area contributed by atoms with Crippen LogP contribution in [0.4, 0.5) is 17.3 Å². The lowest BCUT2D eigenvalue weighted by molar-refractivity contribution is -0.384. The van der Waals surface area contributed by atoms with Crippen LogP contribution in [0.25, 0.3) is 0 Å². The van der Waals surface area contributed by atoms with Crippen LogP contribution >= 0.6 is 11.8 Å². The third kappa shape index (κ3) is 3.73. The molecule has 0 aromatic carbocycles. The first kappa shape index (κ1) is 15.6. The van der Waals surface area contributed by atoms with Crippen molar-refractivity contribution in [1.29, 1.82) is 0 Å². The maximum Gasteiger partial charge on any atom is 0.311 e. The van der Waals surface area contributed by atoms with E-state index in [0.717, 1.165) is 12.2 Å². The van der Waals surface area contributed by atoms with Gasteiger partial charge in [-0.25, -0.2) is 4.98 Å². The molecule has 106 valence electrons. The fourth-order valence-electron chi connectivity index (χ4n) is 1.85. The van der Waals surface area contributed by atoms with Crippen LogP contribution in [0.3, 0.4) is 0 Å². The number of nitrogens with one attached hydrogen (secondary N) is 1. The molecule has 19 heavy (non-hydrogen) atoms. The van der Waals surface area contributed by atoms with E-state index >= 15 is 0 Å². The molecule has 0 aliphatic heterocycles. The minimum absolute atomic E-state index is 0.0426. The maximum atomic E-state index is 11.1. The van der Waals surface area contributed by atoms with Crippen LogP contribution < -0.4 is 10.2 Å². The van der Waals surface area contributed by atoms with Gasteiger partial charge in [0, 0.05) is 32.0 Å². The third-order valence-corrected chi connectivity index (χ3v) is 3.74. The first-order valence-electron chi connectivity index (χ1n) is 6.10. The van der Waals surface area contributed by atoms with E-state index in [4.69, 9.17) is 0 Å². The molecular formula is C12H20N4O2S. The highest BCUT2D eigenvalue weighted by atomic mass is 32.2. The number of nitro groups is 1. The number of anilines is 2. The number of thioether (sulfide) groups is 1.